The Hall–Kier alpha value is -4.33. The van der Waals surface area contributed by atoms with Crippen molar-refractivity contribution in [3.8, 4) is 17.2 Å². The molecule has 178 valence electrons. The molecule has 0 saturated carbocycles. The molecular formula is C27H22FNO6. The maximum atomic E-state index is 13.1. The van der Waals surface area contributed by atoms with E-state index in [-0.39, 0.29) is 41.8 Å². The summed E-state index contributed by atoms with van der Waals surface area (Å²) in [5.74, 6) is -0.602. The molecule has 0 saturated heterocycles. The number of amides is 1. The van der Waals surface area contributed by atoms with Crippen molar-refractivity contribution in [1.29, 1.82) is 0 Å². The zero-order valence-corrected chi connectivity index (χ0v) is 18.6. The first-order valence-corrected chi connectivity index (χ1v) is 11.1. The number of nitrogens with one attached hydrogen (secondary N) is 1. The predicted molar refractivity (Wildman–Crippen MR) is 126 cm³/mol. The van der Waals surface area contributed by atoms with E-state index in [9.17, 15) is 19.1 Å². The van der Waals surface area contributed by atoms with E-state index < -0.39 is 11.5 Å². The first-order chi connectivity index (χ1) is 17.0. The van der Waals surface area contributed by atoms with Crippen LogP contribution in [0.25, 0.3) is 11.0 Å². The number of aromatic hydroxyl groups is 1. The van der Waals surface area contributed by atoms with Gasteiger partial charge in [0.2, 0.25) is 12.7 Å². The number of carbonyl (C=O) groups excluding carboxylic acids is 1. The number of fused-ring (bicyclic) bond motifs is 2. The lowest BCUT2D eigenvalue weighted by Crippen LogP contribution is -2.28. The zero-order valence-electron chi connectivity index (χ0n) is 18.6. The zero-order chi connectivity index (χ0) is 24.4. The van der Waals surface area contributed by atoms with Crippen LogP contribution in [0.2, 0.25) is 0 Å². The van der Waals surface area contributed by atoms with Crippen LogP contribution < -0.4 is 20.4 Å². The summed E-state index contributed by atoms with van der Waals surface area (Å²) in [6.45, 7) is 0.410. The molecule has 35 heavy (non-hydrogen) atoms. The second-order valence-electron chi connectivity index (χ2n) is 8.24. The molecule has 0 fully saturated rings. The lowest BCUT2D eigenvalue weighted by atomic mass is 9.87. The number of ether oxygens (including phenoxy) is 2. The van der Waals surface area contributed by atoms with E-state index in [1.807, 2.05) is 0 Å². The van der Waals surface area contributed by atoms with E-state index >= 15 is 0 Å². The number of benzene rings is 3. The van der Waals surface area contributed by atoms with E-state index in [0.717, 1.165) is 5.56 Å². The number of rotatable bonds is 7. The first kappa shape index (κ1) is 22.5. The summed E-state index contributed by atoms with van der Waals surface area (Å²) in [6, 6.07) is 17.9. The Bertz CT molecular complexity index is 1450. The third-order valence-electron chi connectivity index (χ3n) is 6.01. The van der Waals surface area contributed by atoms with Crippen LogP contribution in [0.1, 0.15) is 29.0 Å². The summed E-state index contributed by atoms with van der Waals surface area (Å²) in [5, 5.41) is 14.3. The van der Waals surface area contributed by atoms with Crippen molar-refractivity contribution in [1.82, 2.24) is 5.32 Å². The minimum atomic E-state index is -0.795. The topological polar surface area (TPSA) is 98.0 Å². The molecule has 5 rings (SSSR count). The number of hydrogen-bond donors (Lipinski definition) is 2. The van der Waals surface area contributed by atoms with Crippen molar-refractivity contribution in [3.63, 3.8) is 0 Å². The van der Waals surface area contributed by atoms with Gasteiger partial charge >= 0.3 is 5.63 Å². The third kappa shape index (κ3) is 4.68. The molecule has 1 amide bonds. The Morgan fingerprint density at radius 3 is 2.63 bits per heavy atom. The summed E-state index contributed by atoms with van der Waals surface area (Å²) in [4.78, 5) is 25.9. The van der Waals surface area contributed by atoms with Gasteiger partial charge in [-0.3, -0.25) is 4.79 Å². The van der Waals surface area contributed by atoms with E-state index in [4.69, 9.17) is 13.9 Å². The third-order valence-corrected chi connectivity index (χ3v) is 6.01. The standard InChI is InChI=1S/C27H22FNO6/c28-18-8-5-16(6-9-18)11-12-29-24(30)14-20(17-7-10-22-23(13-17)34-15-33-22)25-26(31)19-3-1-2-4-21(19)35-27(25)32/h1-10,13,20,31H,11-12,14-15H2,(H,29,30)/t20-/m0/s1. The molecule has 8 heteroatoms. The lowest BCUT2D eigenvalue weighted by Gasteiger charge is -2.19. The fourth-order valence-electron chi connectivity index (χ4n) is 4.23. The summed E-state index contributed by atoms with van der Waals surface area (Å²) in [5.41, 5.74) is 1.01. The Morgan fingerprint density at radius 1 is 1.03 bits per heavy atom. The van der Waals surface area contributed by atoms with Crippen LogP contribution in [0.5, 0.6) is 17.2 Å². The van der Waals surface area contributed by atoms with Gasteiger partial charge in [0.15, 0.2) is 11.5 Å². The van der Waals surface area contributed by atoms with Crippen LogP contribution in [0.4, 0.5) is 4.39 Å². The molecule has 3 aromatic carbocycles. The highest BCUT2D eigenvalue weighted by Crippen LogP contribution is 2.40. The largest absolute Gasteiger partial charge is 0.507 e. The minimum Gasteiger partial charge on any atom is -0.507 e. The number of halogens is 1. The first-order valence-electron chi connectivity index (χ1n) is 11.1. The summed E-state index contributed by atoms with van der Waals surface area (Å²) in [7, 11) is 0. The highest BCUT2D eigenvalue weighted by molar-refractivity contribution is 5.85. The maximum absolute atomic E-state index is 13.1. The number of carbonyl (C=O) groups is 1. The monoisotopic (exact) mass is 475 g/mol. The van der Waals surface area contributed by atoms with E-state index in [1.54, 1.807) is 54.6 Å². The van der Waals surface area contributed by atoms with Crippen molar-refractivity contribution < 1.29 is 28.2 Å². The van der Waals surface area contributed by atoms with Crippen LogP contribution in [0, 0.1) is 5.82 Å². The van der Waals surface area contributed by atoms with Crippen molar-refractivity contribution in [2.45, 2.75) is 18.8 Å². The molecule has 0 unspecified atom stereocenters. The molecule has 4 aromatic rings. The molecule has 2 N–H and O–H groups in total. The summed E-state index contributed by atoms with van der Waals surface area (Å²) >= 11 is 0. The van der Waals surface area contributed by atoms with Crippen molar-refractivity contribution in [2.24, 2.45) is 0 Å². The van der Waals surface area contributed by atoms with Crippen molar-refractivity contribution >= 4 is 16.9 Å². The Labute approximate surface area is 199 Å². The molecule has 1 atom stereocenters. The molecule has 0 aliphatic carbocycles. The van der Waals surface area contributed by atoms with Crippen molar-refractivity contribution in [3.05, 3.63) is 99.7 Å². The highest BCUT2D eigenvalue weighted by atomic mass is 19.1. The molecule has 7 nitrogen and oxygen atoms in total. The molecule has 2 heterocycles. The van der Waals surface area contributed by atoms with Gasteiger partial charge in [0.1, 0.15) is 17.1 Å². The predicted octanol–water partition coefficient (Wildman–Crippen LogP) is 4.25. The number of para-hydroxylation sites is 1. The highest BCUT2D eigenvalue weighted by Gasteiger charge is 2.28. The van der Waals surface area contributed by atoms with Crippen LogP contribution in [-0.2, 0) is 11.2 Å². The molecule has 1 aromatic heterocycles. The van der Waals surface area contributed by atoms with Crippen LogP contribution in [-0.4, -0.2) is 24.4 Å². The fraction of sp³-hybridized carbons (Fsp3) is 0.185. The van der Waals surface area contributed by atoms with E-state index in [1.165, 1.54) is 12.1 Å². The van der Waals surface area contributed by atoms with Gasteiger partial charge < -0.3 is 24.3 Å². The second-order valence-corrected chi connectivity index (χ2v) is 8.24. The lowest BCUT2D eigenvalue weighted by molar-refractivity contribution is -0.121. The van der Waals surface area contributed by atoms with E-state index in [0.29, 0.717) is 35.4 Å². The maximum Gasteiger partial charge on any atom is 0.343 e. The molecule has 0 radical (unpaired) electrons. The second kappa shape index (κ2) is 9.50. The SMILES string of the molecule is O=C(C[C@@H](c1ccc2c(c1)OCO2)c1c(O)c2ccccc2oc1=O)NCCc1ccc(F)cc1. The smallest absolute Gasteiger partial charge is 0.343 e. The average Bonchev–Trinajstić information content (AvgIpc) is 3.33. The van der Waals surface area contributed by atoms with Gasteiger partial charge in [-0.1, -0.05) is 30.3 Å². The van der Waals surface area contributed by atoms with Gasteiger partial charge in [-0.2, -0.15) is 0 Å². The average molecular weight is 475 g/mol. The van der Waals surface area contributed by atoms with Gasteiger partial charge in [0.25, 0.3) is 0 Å². The van der Waals surface area contributed by atoms with Crippen molar-refractivity contribution in [2.75, 3.05) is 13.3 Å². The Kier molecular flexibility index (Phi) is 6.10. The van der Waals surface area contributed by atoms with Crippen LogP contribution >= 0.6 is 0 Å². The van der Waals surface area contributed by atoms with Gasteiger partial charge in [-0.15, -0.1) is 0 Å². The van der Waals surface area contributed by atoms with E-state index in [2.05, 4.69) is 5.32 Å². The normalized spacial score (nSPS) is 13.1. The Morgan fingerprint density at radius 2 is 1.80 bits per heavy atom. The van der Waals surface area contributed by atoms with Gasteiger partial charge in [0.05, 0.1) is 10.9 Å². The fourth-order valence-corrected chi connectivity index (χ4v) is 4.23. The summed E-state index contributed by atoms with van der Waals surface area (Å²) in [6.07, 6.45) is 0.407. The van der Waals surface area contributed by atoms with Gasteiger partial charge in [0, 0.05) is 18.9 Å². The quantitative estimate of drug-likeness (QED) is 0.388. The van der Waals surface area contributed by atoms with Crippen LogP contribution in [0.15, 0.2) is 75.9 Å². The minimum absolute atomic E-state index is 0.00347. The van der Waals surface area contributed by atoms with Crippen LogP contribution in [0.3, 0.4) is 0 Å². The number of hydrogen-bond acceptors (Lipinski definition) is 6. The molecule has 0 spiro atoms. The molecule has 1 aliphatic heterocycles. The summed E-state index contributed by atoms with van der Waals surface area (Å²) < 4.78 is 29.4. The molecule has 0 bridgehead atoms. The van der Waals surface area contributed by atoms with Gasteiger partial charge in [-0.25, -0.2) is 9.18 Å². The Balaban J connectivity index is 1.44. The molecule has 1 aliphatic rings. The molecular weight excluding hydrogens is 453 g/mol. The van der Waals surface area contributed by atoms with Gasteiger partial charge in [-0.05, 0) is 53.9 Å².